The maximum absolute atomic E-state index is 6.32. The van der Waals surface area contributed by atoms with E-state index in [1.165, 1.54) is 0 Å². The Morgan fingerprint density at radius 3 is 2.39 bits per heavy atom. The number of aromatic nitrogens is 1. The molecule has 0 saturated heterocycles. The van der Waals surface area contributed by atoms with Crippen LogP contribution in [-0.4, -0.2) is 4.98 Å². The van der Waals surface area contributed by atoms with Gasteiger partial charge >= 0.3 is 0 Å². The van der Waals surface area contributed by atoms with Crippen LogP contribution in [0, 0.1) is 0 Å². The smallest absolute Gasteiger partial charge is 0.129 e. The summed E-state index contributed by atoms with van der Waals surface area (Å²) in [5.74, 6) is 0.910. The molecule has 1 heterocycles. The van der Waals surface area contributed by atoms with Crippen molar-refractivity contribution < 1.29 is 0 Å². The van der Waals surface area contributed by atoms with Gasteiger partial charge in [-0.15, -0.1) is 0 Å². The van der Waals surface area contributed by atoms with Gasteiger partial charge in [-0.1, -0.05) is 59.6 Å². The number of benzene rings is 2. The summed E-state index contributed by atoms with van der Waals surface area (Å²) >= 11 is 12.4. The van der Waals surface area contributed by atoms with Crippen LogP contribution in [0.2, 0.25) is 10.0 Å². The van der Waals surface area contributed by atoms with Crippen LogP contribution in [0.3, 0.4) is 0 Å². The molecular weight excluding hydrogens is 327 g/mol. The van der Waals surface area contributed by atoms with E-state index in [9.17, 15) is 0 Å². The molecule has 0 aliphatic heterocycles. The van der Waals surface area contributed by atoms with E-state index >= 15 is 0 Å². The van der Waals surface area contributed by atoms with Crippen LogP contribution in [-0.2, 0) is 13.1 Å². The lowest BCUT2D eigenvalue weighted by molar-refractivity contribution is 0.783. The van der Waals surface area contributed by atoms with Crippen molar-refractivity contribution in [2.45, 2.75) is 13.1 Å². The van der Waals surface area contributed by atoms with Crippen LogP contribution in [0.1, 0.15) is 11.1 Å². The van der Waals surface area contributed by atoms with Crippen molar-refractivity contribution in [2.75, 3.05) is 4.90 Å². The second-order valence-corrected chi connectivity index (χ2v) is 6.11. The van der Waals surface area contributed by atoms with Crippen LogP contribution in [0.5, 0.6) is 0 Å². The van der Waals surface area contributed by atoms with Crippen LogP contribution >= 0.6 is 23.2 Å². The van der Waals surface area contributed by atoms with Crippen molar-refractivity contribution in [3.8, 4) is 0 Å². The van der Waals surface area contributed by atoms with Crippen molar-refractivity contribution in [1.29, 1.82) is 0 Å². The molecule has 0 spiro atoms. The molecule has 0 amide bonds. The highest BCUT2D eigenvalue weighted by atomic mass is 35.5. The summed E-state index contributed by atoms with van der Waals surface area (Å²) in [6.07, 6.45) is 1.80. The zero-order chi connectivity index (χ0) is 16.1. The highest BCUT2D eigenvalue weighted by molar-refractivity contribution is 6.31. The van der Waals surface area contributed by atoms with E-state index in [4.69, 9.17) is 23.2 Å². The molecule has 2 aromatic carbocycles. The summed E-state index contributed by atoms with van der Waals surface area (Å²) in [7, 11) is 0. The summed E-state index contributed by atoms with van der Waals surface area (Å²) in [6, 6.07) is 21.7. The second-order valence-electron chi connectivity index (χ2n) is 5.27. The molecule has 0 N–H and O–H groups in total. The van der Waals surface area contributed by atoms with Gasteiger partial charge in [0.2, 0.25) is 0 Å². The molecule has 0 aliphatic carbocycles. The largest absolute Gasteiger partial charge is 0.348 e. The molecule has 0 aliphatic rings. The third-order valence-corrected chi connectivity index (χ3v) is 4.16. The first-order valence-corrected chi connectivity index (χ1v) is 8.12. The van der Waals surface area contributed by atoms with Crippen molar-refractivity contribution >= 4 is 29.0 Å². The molecule has 1 aromatic heterocycles. The maximum atomic E-state index is 6.32. The summed E-state index contributed by atoms with van der Waals surface area (Å²) in [5, 5.41) is 1.50. The quantitative estimate of drug-likeness (QED) is 0.600. The van der Waals surface area contributed by atoms with E-state index < -0.39 is 0 Å². The van der Waals surface area contributed by atoms with Gasteiger partial charge in [-0.2, -0.15) is 0 Å². The molecule has 0 bridgehead atoms. The molecule has 3 rings (SSSR count). The SMILES string of the molecule is Clc1cccc(CN(Cc2ccccc2Cl)c2ccccn2)c1. The molecular formula is C19H16Cl2N2. The lowest BCUT2D eigenvalue weighted by Crippen LogP contribution is -2.23. The fourth-order valence-corrected chi connectivity index (χ4v) is 2.86. The molecule has 0 atom stereocenters. The van der Waals surface area contributed by atoms with Crippen LogP contribution < -0.4 is 4.90 Å². The highest BCUT2D eigenvalue weighted by Gasteiger charge is 2.11. The third kappa shape index (κ3) is 4.25. The fourth-order valence-electron chi connectivity index (χ4n) is 2.45. The molecule has 4 heteroatoms. The number of hydrogen-bond acceptors (Lipinski definition) is 2. The van der Waals surface area contributed by atoms with E-state index in [1.54, 1.807) is 6.20 Å². The second kappa shape index (κ2) is 7.49. The summed E-state index contributed by atoms with van der Waals surface area (Å²) in [4.78, 5) is 6.66. The van der Waals surface area contributed by atoms with Gasteiger partial charge in [0.05, 0.1) is 0 Å². The van der Waals surface area contributed by atoms with Gasteiger partial charge in [0, 0.05) is 29.3 Å². The Morgan fingerprint density at radius 2 is 1.65 bits per heavy atom. The minimum absolute atomic E-state index is 0.684. The summed E-state index contributed by atoms with van der Waals surface area (Å²) in [6.45, 7) is 1.39. The first-order valence-electron chi connectivity index (χ1n) is 7.36. The predicted molar refractivity (Wildman–Crippen MR) is 97.0 cm³/mol. The fraction of sp³-hybridized carbons (Fsp3) is 0.105. The summed E-state index contributed by atoms with van der Waals surface area (Å²) < 4.78 is 0. The van der Waals surface area contributed by atoms with E-state index in [1.807, 2.05) is 60.7 Å². The monoisotopic (exact) mass is 342 g/mol. The van der Waals surface area contributed by atoms with Crippen LogP contribution in [0.15, 0.2) is 72.9 Å². The molecule has 3 aromatic rings. The van der Waals surface area contributed by atoms with Gasteiger partial charge in [-0.05, 0) is 41.5 Å². The van der Waals surface area contributed by atoms with E-state index in [2.05, 4.69) is 16.0 Å². The van der Waals surface area contributed by atoms with E-state index in [0.717, 1.165) is 27.0 Å². The lowest BCUT2D eigenvalue weighted by Gasteiger charge is -2.24. The van der Waals surface area contributed by atoms with Gasteiger partial charge in [0.25, 0.3) is 0 Å². The maximum Gasteiger partial charge on any atom is 0.129 e. The molecule has 2 nitrogen and oxygen atoms in total. The Hall–Kier alpha value is -2.03. The Bertz CT molecular complexity index is 775. The topological polar surface area (TPSA) is 16.1 Å². The minimum atomic E-state index is 0.684. The highest BCUT2D eigenvalue weighted by Crippen LogP contribution is 2.23. The predicted octanol–water partition coefficient (Wildman–Crippen LogP) is 5.60. The van der Waals surface area contributed by atoms with Crippen LogP contribution in [0.25, 0.3) is 0 Å². The Kier molecular flexibility index (Phi) is 5.16. The molecule has 23 heavy (non-hydrogen) atoms. The number of pyridine rings is 1. The van der Waals surface area contributed by atoms with E-state index in [-0.39, 0.29) is 0 Å². The number of hydrogen-bond donors (Lipinski definition) is 0. The average Bonchev–Trinajstić information content (AvgIpc) is 2.57. The minimum Gasteiger partial charge on any atom is -0.348 e. The molecule has 116 valence electrons. The van der Waals surface area contributed by atoms with E-state index in [0.29, 0.717) is 13.1 Å². The number of halogens is 2. The standard InChI is InChI=1S/C19H16Cl2N2/c20-17-8-5-6-15(12-17)13-23(19-10-3-4-11-22-19)14-16-7-1-2-9-18(16)21/h1-12H,13-14H2. The normalized spacial score (nSPS) is 10.5. The average molecular weight is 343 g/mol. The van der Waals surface area contributed by atoms with Crippen molar-refractivity contribution in [3.63, 3.8) is 0 Å². The zero-order valence-corrected chi connectivity index (χ0v) is 14.0. The molecule has 0 unspecified atom stereocenters. The number of rotatable bonds is 5. The molecule has 0 fully saturated rings. The van der Waals surface area contributed by atoms with Gasteiger partial charge in [-0.25, -0.2) is 4.98 Å². The van der Waals surface area contributed by atoms with Crippen molar-refractivity contribution in [3.05, 3.63) is 94.1 Å². The summed E-state index contributed by atoms with van der Waals surface area (Å²) in [5.41, 5.74) is 2.21. The van der Waals surface area contributed by atoms with Crippen molar-refractivity contribution in [1.82, 2.24) is 4.98 Å². The van der Waals surface area contributed by atoms with Gasteiger partial charge in [0.15, 0.2) is 0 Å². The zero-order valence-electron chi connectivity index (χ0n) is 12.5. The number of anilines is 1. The Balaban J connectivity index is 1.89. The first-order chi connectivity index (χ1) is 11.2. The number of nitrogens with zero attached hydrogens (tertiary/aromatic N) is 2. The Morgan fingerprint density at radius 1 is 0.826 bits per heavy atom. The van der Waals surface area contributed by atoms with Gasteiger partial charge < -0.3 is 4.90 Å². The van der Waals surface area contributed by atoms with Gasteiger partial charge in [-0.3, -0.25) is 0 Å². The molecule has 0 radical (unpaired) electrons. The Labute approximate surface area is 146 Å². The third-order valence-electron chi connectivity index (χ3n) is 3.55. The van der Waals surface area contributed by atoms with Crippen LogP contribution in [0.4, 0.5) is 5.82 Å². The van der Waals surface area contributed by atoms with Gasteiger partial charge in [0.1, 0.15) is 5.82 Å². The lowest BCUT2D eigenvalue weighted by atomic mass is 10.1. The van der Waals surface area contributed by atoms with Crippen molar-refractivity contribution in [2.24, 2.45) is 0 Å². The molecule has 0 saturated carbocycles. The first kappa shape index (κ1) is 15.9.